The van der Waals surface area contributed by atoms with Crippen LogP contribution in [0.5, 0.6) is 0 Å². The van der Waals surface area contributed by atoms with Gasteiger partial charge in [0.15, 0.2) is 0 Å². The van der Waals surface area contributed by atoms with Crippen LogP contribution in [-0.4, -0.2) is 34.3 Å². The molecular formula is C12H21N3O2. The molecule has 1 aromatic heterocycles. The number of nitrogens with zero attached hydrogens (tertiary/aromatic N) is 1. The molecule has 1 rings (SSSR count). The molecular weight excluding hydrogens is 218 g/mol. The number of amides is 1. The number of hydrogen-bond acceptors (Lipinski definition) is 3. The molecule has 1 amide bonds. The van der Waals surface area contributed by atoms with Gasteiger partial charge >= 0.3 is 0 Å². The van der Waals surface area contributed by atoms with Gasteiger partial charge in [-0.3, -0.25) is 4.79 Å². The fraction of sp³-hybridized carbons (Fsp3) is 0.583. The summed E-state index contributed by atoms with van der Waals surface area (Å²) < 4.78 is 1.91. The summed E-state index contributed by atoms with van der Waals surface area (Å²) in [4.78, 5) is 11.9. The lowest BCUT2D eigenvalue weighted by atomic mass is 10.2. The normalized spacial score (nSPS) is 14.4. The van der Waals surface area contributed by atoms with Gasteiger partial charge in [-0.05, 0) is 25.5 Å². The van der Waals surface area contributed by atoms with Crippen LogP contribution in [0.3, 0.4) is 0 Å². The fourth-order valence-corrected chi connectivity index (χ4v) is 1.53. The van der Waals surface area contributed by atoms with Gasteiger partial charge < -0.3 is 20.7 Å². The number of nitrogens with two attached hydrogens (primary N) is 1. The number of carbonyl (C=O) groups excluding carboxylic acids is 1. The van der Waals surface area contributed by atoms with Crippen molar-refractivity contribution in [2.75, 3.05) is 6.54 Å². The molecule has 0 saturated heterocycles. The number of aromatic nitrogens is 1. The molecule has 5 heteroatoms. The lowest BCUT2D eigenvalue weighted by Crippen LogP contribution is -2.44. The minimum atomic E-state index is -0.627. The summed E-state index contributed by atoms with van der Waals surface area (Å²) in [6, 6.07) is 3.19. The monoisotopic (exact) mass is 239 g/mol. The Labute approximate surface area is 102 Å². The topological polar surface area (TPSA) is 80.3 Å². The highest BCUT2D eigenvalue weighted by Gasteiger charge is 2.13. The van der Waals surface area contributed by atoms with Crippen LogP contribution < -0.4 is 11.1 Å². The highest BCUT2D eigenvalue weighted by molar-refractivity contribution is 5.92. The summed E-state index contributed by atoms with van der Waals surface area (Å²) >= 11 is 0. The van der Waals surface area contributed by atoms with Crippen molar-refractivity contribution in [1.29, 1.82) is 0 Å². The zero-order valence-electron chi connectivity index (χ0n) is 10.4. The van der Waals surface area contributed by atoms with E-state index in [0.717, 1.165) is 13.0 Å². The van der Waals surface area contributed by atoms with Crippen LogP contribution in [0.2, 0.25) is 0 Å². The first-order valence-corrected chi connectivity index (χ1v) is 5.93. The number of hydrogen-bond donors (Lipinski definition) is 3. The third-order valence-electron chi connectivity index (χ3n) is 2.64. The molecule has 2 unspecified atom stereocenters. The lowest BCUT2D eigenvalue weighted by molar-refractivity contribution is 0.0928. The van der Waals surface area contributed by atoms with Crippen LogP contribution in [0, 0.1) is 0 Å². The Balaban J connectivity index is 2.55. The van der Waals surface area contributed by atoms with Crippen molar-refractivity contribution in [2.45, 2.75) is 39.0 Å². The van der Waals surface area contributed by atoms with Gasteiger partial charge in [0.05, 0.1) is 6.10 Å². The van der Waals surface area contributed by atoms with Gasteiger partial charge in [-0.2, -0.15) is 0 Å². The van der Waals surface area contributed by atoms with Crippen molar-refractivity contribution in [2.24, 2.45) is 5.73 Å². The summed E-state index contributed by atoms with van der Waals surface area (Å²) in [5.74, 6) is -0.153. The molecule has 0 radical (unpaired) electrons. The number of aliphatic hydroxyl groups is 1. The maximum atomic E-state index is 11.9. The zero-order valence-corrected chi connectivity index (χ0v) is 10.4. The van der Waals surface area contributed by atoms with Crippen molar-refractivity contribution in [3.05, 3.63) is 24.0 Å². The molecule has 4 N–H and O–H groups in total. The van der Waals surface area contributed by atoms with E-state index in [9.17, 15) is 9.90 Å². The SMILES string of the molecule is CCCn1cccc1C(=O)NCC(N)C(C)O. The molecule has 1 heterocycles. The first kappa shape index (κ1) is 13.7. The molecule has 1 aromatic rings. The molecule has 96 valence electrons. The number of aryl methyl sites for hydroxylation is 1. The molecule has 0 fully saturated rings. The van der Waals surface area contributed by atoms with Gasteiger partial charge in [0.25, 0.3) is 5.91 Å². The van der Waals surface area contributed by atoms with Crippen molar-refractivity contribution >= 4 is 5.91 Å². The van der Waals surface area contributed by atoms with Crippen LogP contribution in [0.4, 0.5) is 0 Å². The molecule has 0 aliphatic rings. The summed E-state index contributed by atoms with van der Waals surface area (Å²) in [5.41, 5.74) is 6.27. The quantitative estimate of drug-likeness (QED) is 0.669. The van der Waals surface area contributed by atoms with E-state index in [0.29, 0.717) is 5.69 Å². The van der Waals surface area contributed by atoms with Crippen molar-refractivity contribution in [1.82, 2.24) is 9.88 Å². The van der Waals surface area contributed by atoms with E-state index >= 15 is 0 Å². The van der Waals surface area contributed by atoms with Crippen LogP contribution in [0.25, 0.3) is 0 Å². The first-order valence-electron chi connectivity index (χ1n) is 5.93. The number of rotatable bonds is 6. The van der Waals surface area contributed by atoms with Gasteiger partial charge in [-0.15, -0.1) is 0 Å². The second-order valence-corrected chi connectivity index (χ2v) is 4.20. The maximum Gasteiger partial charge on any atom is 0.267 e. The van der Waals surface area contributed by atoms with E-state index in [1.54, 1.807) is 13.0 Å². The largest absolute Gasteiger partial charge is 0.392 e. The van der Waals surface area contributed by atoms with Gasteiger partial charge in [-0.25, -0.2) is 0 Å². The molecule has 17 heavy (non-hydrogen) atoms. The van der Waals surface area contributed by atoms with Gasteiger partial charge in [0.1, 0.15) is 5.69 Å². The number of aliphatic hydroxyl groups excluding tert-OH is 1. The van der Waals surface area contributed by atoms with Crippen LogP contribution in [0.15, 0.2) is 18.3 Å². The average molecular weight is 239 g/mol. The molecule has 0 aromatic carbocycles. The Kier molecular flexibility index (Phi) is 5.18. The molecule has 2 atom stereocenters. The fourth-order valence-electron chi connectivity index (χ4n) is 1.53. The Morgan fingerprint density at radius 1 is 1.65 bits per heavy atom. The average Bonchev–Trinajstić information content (AvgIpc) is 2.74. The van der Waals surface area contributed by atoms with E-state index in [4.69, 9.17) is 5.73 Å². The Morgan fingerprint density at radius 3 is 2.94 bits per heavy atom. The maximum absolute atomic E-state index is 11.9. The molecule has 0 spiro atoms. The zero-order chi connectivity index (χ0) is 12.8. The van der Waals surface area contributed by atoms with Crippen LogP contribution in [-0.2, 0) is 6.54 Å². The predicted octanol–water partition coefficient (Wildman–Crippen LogP) is 0.336. The minimum Gasteiger partial charge on any atom is -0.392 e. The first-order chi connectivity index (χ1) is 8.06. The minimum absolute atomic E-state index is 0.153. The number of carbonyl (C=O) groups is 1. The van der Waals surface area contributed by atoms with E-state index < -0.39 is 12.1 Å². The molecule has 5 nitrogen and oxygen atoms in total. The molecule has 0 bridgehead atoms. The van der Waals surface area contributed by atoms with Crippen LogP contribution in [0.1, 0.15) is 30.8 Å². The second kappa shape index (κ2) is 6.42. The van der Waals surface area contributed by atoms with E-state index in [1.165, 1.54) is 0 Å². The van der Waals surface area contributed by atoms with E-state index in [2.05, 4.69) is 12.2 Å². The molecule has 0 aliphatic carbocycles. The Hall–Kier alpha value is -1.33. The van der Waals surface area contributed by atoms with Crippen LogP contribution >= 0.6 is 0 Å². The molecule has 0 saturated carbocycles. The standard InChI is InChI=1S/C12H21N3O2/c1-3-6-15-7-4-5-11(15)12(17)14-8-10(13)9(2)16/h4-5,7,9-10,16H,3,6,8,13H2,1-2H3,(H,14,17). The van der Waals surface area contributed by atoms with E-state index in [1.807, 2.05) is 16.8 Å². The Bertz CT molecular complexity index is 360. The van der Waals surface area contributed by atoms with Gasteiger partial charge in [0, 0.05) is 25.3 Å². The van der Waals surface area contributed by atoms with E-state index in [-0.39, 0.29) is 12.5 Å². The second-order valence-electron chi connectivity index (χ2n) is 4.20. The summed E-state index contributed by atoms with van der Waals surface area (Å²) in [6.07, 6.45) is 2.23. The third-order valence-corrected chi connectivity index (χ3v) is 2.64. The van der Waals surface area contributed by atoms with Crippen molar-refractivity contribution in [3.8, 4) is 0 Å². The lowest BCUT2D eigenvalue weighted by Gasteiger charge is -2.15. The molecule has 0 aliphatic heterocycles. The third kappa shape index (κ3) is 3.87. The summed E-state index contributed by atoms with van der Waals surface area (Å²) in [7, 11) is 0. The predicted molar refractivity (Wildman–Crippen MR) is 66.7 cm³/mol. The van der Waals surface area contributed by atoms with Gasteiger partial charge in [-0.1, -0.05) is 6.92 Å². The highest BCUT2D eigenvalue weighted by atomic mass is 16.3. The van der Waals surface area contributed by atoms with Gasteiger partial charge in [0.2, 0.25) is 0 Å². The summed E-state index contributed by atoms with van der Waals surface area (Å²) in [5, 5.41) is 11.9. The van der Waals surface area contributed by atoms with Crippen molar-refractivity contribution in [3.63, 3.8) is 0 Å². The summed E-state index contributed by atoms with van der Waals surface area (Å²) in [6.45, 7) is 4.76. The number of nitrogens with one attached hydrogen (secondary N) is 1. The highest BCUT2D eigenvalue weighted by Crippen LogP contribution is 2.03. The van der Waals surface area contributed by atoms with Crippen molar-refractivity contribution < 1.29 is 9.90 Å². The smallest absolute Gasteiger partial charge is 0.267 e. The Morgan fingerprint density at radius 2 is 2.35 bits per heavy atom.